The summed E-state index contributed by atoms with van der Waals surface area (Å²) >= 11 is 0. The Kier molecular flexibility index (Phi) is 8.14. The first kappa shape index (κ1) is 25.9. The first-order valence-electron chi connectivity index (χ1n) is 11.7. The van der Waals surface area contributed by atoms with Gasteiger partial charge in [-0.1, -0.05) is 0 Å². The minimum atomic E-state index is -3.21. The smallest absolute Gasteiger partial charge is 0.414 e. The van der Waals surface area contributed by atoms with Crippen molar-refractivity contribution in [2.45, 2.75) is 25.4 Å². The molecule has 3 aliphatic rings. The van der Waals surface area contributed by atoms with Crippen LogP contribution in [0, 0.1) is 17.6 Å². The van der Waals surface area contributed by atoms with Crippen molar-refractivity contribution in [2.75, 3.05) is 62.2 Å². The van der Waals surface area contributed by atoms with Gasteiger partial charge in [-0.2, -0.15) is 8.78 Å². The van der Waals surface area contributed by atoms with Crippen molar-refractivity contribution in [2.24, 2.45) is 5.92 Å². The fourth-order valence-electron chi connectivity index (χ4n) is 4.46. The number of ether oxygens (including phenoxy) is 1. The van der Waals surface area contributed by atoms with Gasteiger partial charge in [0.1, 0.15) is 11.8 Å². The fourth-order valence-corrected chi connectivity index (χ4v) is 4.46. The number of piperidine rings is 1. The number of anilines is 2. The summed E-state index contributed by atoms with van der Waals surface area (Å²) in [6.45, 7) is 1.41. The van der Waals surface area contributed by atoms with Gasteiger partial charge in [0.05, 0.1) is 31.9 Å². The summed E-state index contributed by atoms with van der Waals surface area (Å²) in [5, 5.41) is 6.40. The Balaban J connectivity index is 1.40. The molecule has 1 aromatic rings. The van der Waals surface area contributed by atoms with Crippen molar-refractivity contribution in [1.82, 2.24) is 15.7 Å². The minimum Gasteiger partial charge on any atom is -0.442 e. The molecular weight excluding hydrogens is 490 g/mol. The van der Waals surface area contributed by atoms with Crippen LogP contribution in [-0.4, -0.2) is 87.9 Å². The standard InChI is InChI=1S/C22H27F4N5O5/c23-16-9-14(30-12-15(36-22(30)34)11-28-20(32)19(25)26)10-17(24)18(16)29-5-6-31(35-8-7-29)21(33)13-1-3-27-4-2-13/h9-10,13,15,19,27H,1-8,11-12H2,(H,28,32)/t15-/m0/s1. The van der Waals surface area contributed by atoms with E-state index in [0.717, 1.165) is 30.1 Å². The van der Waals surface area contributed by atoms with Crippen molar-refractivity contribution in [3.8, 4) is 0 Å². The van der Waals surface area contributed by atoms with E-state index in [1.807, 2.05) is 5.32 Å². The number of nitrogens with one attached hydrogen (secondary N) is 2. The van der Waals surface area contributed by atoms with E-state index in [1.165, 1.54) is 9.96 Å². The maximum absolute atomic E-state index is 15.1. The Morgan fingerprint density at radius 2 is 1.81 bits per heavy atom. The van der Waals surface area contributed by atoms with Crippen LogP contribution >= 0.6 is 0 Å². The van der Waals surface area contributed by atoms with Crippen molar-refractivity contribution in [3.05, 3.63) is 23.8 Å². The molecule has 2 N–H and O–H groups in total. The van der Waals surface area contributed by atoms with Gasteiger partial charge in [0.15, 0.2) is 11.6 Å². The molecule has 3 aliphatic heterocycles. The van der Waals surface area contributed by atoms with Crippen LogP contribution in [0.15, 0.2) is 12.1 Å². The Morgan fingerprint density at radius 3 is 2.47 bits per heavy atom. The summed E-state index contributed by atoms with van der Waals surface area (Å²) in [5.41, 5.74) is -0.429. The molecule has 4 rings (SSSR count). The Morgan fingerprint density at radius 1 is 1.11 bits per heavy atom. The SMILES string of the molecule is O=C(NC[C@H]1CN(c2cc(F)c(N3CCON(C(=O)C4CCNCC4)CC3)c(F)c2)C(=O)O1)C(F)F. The number of rotatable bonds is 6. The molecule has 0 unspecified atom stereocenters. The third-order valence-corrected chi connectivity index (χ3v) is 6.32. The van der Waals surface area contributed by atoms with E-state index < -0.39 is 36.2 Å². The third-order valence-electron chi connectivity index (χ3n) is 6.32. The van der Waals surface area contributed by atoms with Crippen LogP contribution < -0.4 is 20.4 Å². The van der Waals surface area contributed by atoms with Crippen LogP contribution in [-0.2, 0) is 19.2 Å². The number of alkyl halides is 2. The summed E-state index contributed by atoms with van der Waals surface area (Å²) in [4.78, 5) is 43.9. The second-order valence-corrected chi connectivity index (χ2v) is 8.71. The van der Waals surface area contributed by atoms with E-state index in [2.05, 4.69) is 5.32 Å². The summed E-state index contributed by atoms with van der Waals surface area (Å²) in [6.07, 6.45) is -3.70. The van der Waals surface area contributed by atoms with Gasteiger partial charge in [-0.3, -0.25) is 19.3 Å². The summed E-state index contributed by atoms with van der Waals surface area (Å²) in [6, 6.07) is 1.95. The molecule has 3 heterocycles. The molecule has 10 nitrogen and oxygen atoms in total. The van der Waals surface area contributed by atoms with Crippen LogP contribution in [0.5, 0.6) is 0 Å². The monoisotopic (exact) mass is 517 g/mol. The normalized spacial score (nSPS) is 21.5. The van der Waals surface area contributed by atoms with Gasteiger partial charge in [-0.05, 0) is 25.9 Å². The maximum Gasteiger partial charge on any atom is 0.414 e. The van der Waals surface area contributed by atoms with Crippen molar-refractivity contribution >= 4 is 29.3 Å². The summed E-state index contributed by atoms with van der Waals surface area (Å²) < 4.78 is 59.8. The van der Waals surface area contributed by atoms with Gasteiger partial charge in [0, 0.05) is 31.1 Å². The quantitative estimate of drug-likeness (QED) is 0.548. The average molecular weight is 517 g/mol. The predicted octanol–water partition coefficient (Wildman–Crippen LogP) is 1.25. The molecule has 3 amide bonds. The average Bonchev–Trinajstić information content (AvgIpc) is 3.06. The van der Waals surface area contributed by atoms with E-state index in [9.17, 15) is 23.2 Å². The topological polar surface area (TPSA) is 103 Å². The molecule has 0 bridgehead atoms. The number of amides is 3. The molecule has 3 saturated heterocycles. The molecule has 14 heteroatoms. The maximum atomic E-state index is 15.1. The van der Waals surface area contributed by atoms with E-state index in [0.29, 0.717) is 12.8 Å². The molecule has 198 valence electrons. The van der Waals surface area contributed by atoms with E-state index >= 15 is 8.78 Å². The third kappa shape index (κ3) is 5.81. The van der Waals surface area contributed by atoms with Gasteiger partial charge in [0.25, 0.3) is 5.91 Å². The van der Waals surface area contributed by atoms with Crippen LogP contribution in [0.3, 0.4) is 0 Å². The highest BCUT2D eigenvalue weighted by molar-refractivity contribution is 5.90. The molecule has 3 fully saturated rings. The first-order valence-corrected chi connectivity index (χ1v) is 11.7. The Hall–Kier alpha value is -3.13. The molecule has 0 spiro atoms. The second kappa shape index (κ2) is 11.3. The molecule has 0 radical (unpaired) electrons. The lowest BCUT2D eigenvalue weighted by atomic mass is 9.97. The van der Waals surface area contributed by atoms with Crippen LogP contribution in [0.2, 0.25) is 0 Å². The van der Waals surface area contributed by atoms with Gasteiger partial charge < -0.3 is 20.3 Å². The number of carbonyl (C=O) groups is 3. The van der Waals surface area contributed by atoms with Gasteiger partial charge in [-0.15, -0.1) is 0 Å². The first-order chi connectivity index (χ1) is 17.2. The van der Waals surface area contributed by atoms with Crippen LogP contribution in [0.1, 0.15) is 12.8 Å². The molecule has 1 atom stereocenters. The number of carbonyl (C=O) groups excluding carboxylic acids is 3. The van der Waals surface area contributed by atoms with Crippen molar-refractivity contribution < 1.29 is 41.5 Å². The number of nitrogens with zero attached hydrogens (tertiary/aromatic N) is 3. The number of hydrogen-bond donors (Lipinski definition) is 2. The lowest BCUT2D eigenvalue weighted by molar-refractivity contribution is -0.187. The van der Waals surface area contributed by atoms with E-state index in [1.54, 1.807) is 0 Å². The number of benzene rings is 1. The van der Waals surface area contributed by atoms with Crippen LogP contribution in [0.4, 0.5) is 33.7 Å². The highest BCUT2D eigenvalue weighted by Crippen LogP contribution is 2.31. The zero-order valence-electron chi connectivity index (χ0n) is 19.4. The molecule has 0 saturated carbocycles. The fraction of sp³-hybridized carbons (Fsp3) is 0.591. The molecule has 0 aliphatic carbocycles. The van der Waals surface area contributed by atoms with Gasteiger partial charge >= 0.3 is 12.5 Å². The van der Waals surface area contributed by atoms with Crippen LogP contribution in [0.25, 0.3) is 0 Å². The molecule has 1 aromatic carbocycles. The zero-order valence-corrected chi connectivity index (χ0v) is 19.4. The van der Waals surface area contributed by atoms with Crippen molar-refractivity contribution in [3.63, 3.8) is 0 Å². The largest absolute Gasteiger partial charge is 0.442 e. The lowest BCUT2D eigenvalue weighted by Crippen LogP contribution is -2.42. The molecule has 36 heavy (non-hydrogen) atoms. The highest BCUT2D eigenvalue weighted by atomic mass is 19.3. The number of hydrogen-bond acceptors (Lipinski definition) is 7. The number of hydroxylamine groups is 2. The molecule has 0 aromatic heterocycles. The van der Waals surface area contributed by atoms with E-state index in [4.69, 9.17) is 9.57 Å². The lowest BCUT2D eigenvalue weighted by Gasteiger charge is -2.28. The predicted molar refractivity (Wildman–Crippen MR) is 118 cm³/mol. The van der Waals surface area contributed by atoms with Gasteiger partial charge in [-0.25, -0.2) is 18.6 Å². The summed E-state index contributed by atoms with van der Waals surface area (Å²) in [7, 11) is 0. The molecular formula is C22H27F4N5O5. The minimum absolute atomic E-state index is 0.0574. The number of cyclic esters (lactones) is 1. The van der Waals surface area contributed by atoms with E-state index in [-0.39, 0.29) is 62.5 Å². The van der Waals surface area contributed by atoms with Gasteiger partial charge in [0.2, 0.25) is 5.91 Å². The highest BCUT2D eigenvalue weighted by Gasteiger charge is 2.35. The zero-order chi connectivity index (χ0) is 25.8. The van der Waals surface area contributed by atoms with Crippen molar-refractivity contribution in [1.29, 1.82) is 0 Å². The Bertz CT molecular complexity index is 971. The summed E-state index contributed by atoms with van der Waals surface area (Å²) in [5.74, 6) is -3.65. The number of halogens is 4. The Labute approximate surface area is 204 Å². The second-order valence-electron chi connectivity index (χ2n) is 8.71.